The topological polar surface area (TPSA) is 69.7 Å². The van der Waals surface area contributed by atoms with Gasteiger partial charge in [0.2, 0.25) is 10.0 Å². The van der Waals surface area contributed by atoms with E-state index in [-0.39, 0.29) is 12.1 Å². The number of nitrogens with zero attached hydrogens (tertiary/aromatic N) is 2. The van der Waals surface area contributed by atoms with Crippen LogP contribution in [0.25, 0.3) is 0 Å². The first-order valence-electron chi connectivity index (χ1n) is 9.53. The molecule has 1 N–H and O–H groups in total. The summed E-state index contributed by atoms with van der Waals surface area (Å²) in [6, 6.07) is 7.03. The smallest absolute Gasteiger partial charge is 0.317 e. The third-order valence-electron chi connectivity index (χ3n) is 5.01. The number of hydrogen-bond donors (Lipinski definition) is 1. The fraction of sp³-hybridized carbons (Fsp3) is 0.632. The van der Waals surface area contributed by atoms with Gasteiger partial charge in [-0.3, -0.25) is 0 Å². The molecule has 0 aliphatic carbocycles. The highest BCUT2D eigenvalue weighted by Gasteiger charge is 2.30. The molecule has 0 radical (unpaired) electrons. The summed E-state index contributed by atoms with van der Waals surface area (Å²) in [5.41, 5.74) is 1.01. The van der Waals surface area contributed by atoms with Crippen LogP contribution in [0.3, 0.4) is 0 Å². The number of carbonyl (C=O) groups excluding carboxylic acids is 1. The van der Waals surface area contributed by atoms with E-state index >= 15 is 0 Å². The number of hydrogen-bond acceptors (Lipinski definition) is 3. The number of piperidine rings is 1. The van der Waals surface area contributed by atoms with Crippen LogP contribution in [0.2, 0.25) is 0 Å². The van der Waals surface area contributed by atoms with Crippen molar-refractivity contribution in [3.05, 3.63) is 29.8 Å². The second kappa shape index (κ2) is 9.37. The number of amides is 2. The van der Waals surface area contributed by atoms with E-state index in [1.165, 1.54) is 0 Å². The third kappa shape index (κ3) is 4.98. The van der Waals surface area contributed by atoms with Crippen molar-refractivity contribution in [2.45, 2.75) is 57.4 Å². The van der Waals surface area contributed by atoms with Gasteiger partial charge in [0, 0.05) is 32.2 Å². The van der Waals surface area contributed by atoms with Crippen molar-refractivity contribution in [1.82, 2.24) is 14.5 Å². The number of nitrogens with one attached hydrogen (secondary N) is 1. The van der Waals surface area contributed by atoms with Gasteiger partial charge in [-0.05, 0) is 57.7 Å². The molecule has 0 spiro atoms. The Bertz CT molecular complexity index is 684. The van der Waals surface area contributed by atoms with E-state index in [2.05, 4.69) is 5.32 Å². The third-order valence-corrected chi connectivity index (χ3v) is 7.04. The Hall–Kier alpha value is -1.60. The van der Waals surface area contributed by atoms with E-state index in [0.717, 1.165) is 24.8 Å². The molecule has 26 heavy (non-hydrogen) atoms. The molecule has 0 bridgehead atoms. The summed E-state index contributed by atoms with van der Waals surface area (Å²) in [6.45, 7) is 8.38. The first-order chi connectivity index (χ1) is 12.4. The van der Waals surface area contributed by atoms with Gasteiger partial charge < -0.3 is 10.2 Å². The van der Waals surface area contributed by atoms with Gasteiger partial charge in [-0.15, -0.1) is 0 Å². The maximum absolute atomic E-state index is 12.8. The van der Waals surface area contributed by atoms with Crippen molar-refractivity contribution < 1.29 is 13.2 Å². The second-order valence-corrected chi connectivity index (χ2v) is 8.65. The van der Waals surface area contributed by atoms with Gasteiger partial charge in [-0.25, -0.2) is 13.2 Å². The standard InChI is InChI=1S/C19H31N3O3S/c1-4-21(5-2)19(23)20-14-13-17-9-11-18(12-10-17)26(24,25)22-15-7-6-8-16(22)3/h9-12,16H,4-8,13-15H2,1-3H3,(H,20,23). The largest absolute Gasteiger partial charge is 0.338 e. The molecule has 146 valence electrons. The van der Waals surface area contributed by atoms with Gasteiger partial charge in [0.05, 0.1) is 4.90 Å². The summed E-state index contributed by atoms with van der Waals surface area (Å²) in [4.78, 5) is 14.0. The average Bonchev–Trinajstić information content (AvgIpc) is 2.63. The lowest BCUT2D eigenvalue weighted by molar-refractivity contribution is 0.203. The molecule has 1 saturated heterocycles. The van der Waals surface area contributed by atoms with Gasteiger partial charge in [0.25, 0.3) is 0 Å². The monoisotopic (exact) mass is 381 g/mol. The van der Waals surface area contributed by atoms with Gasteiger partial charge in [0.1, 0.15) is 0 Å². The van der Waals surface area contributed by atoms with E-state index in [0.29, 0.717) is 37.5 Å². The molecule has 6 nitrogen and oxygen atoms in total. The van der Waals surface area contributed by atoms with E-state index < -0.39 is 10.0 Å². The van der Waals surface area contributed by atoms with Crippen molar-refractivity contribution in [2.75, 3.05) is 26.2 Å². The Morgan fingerprint density at radius 2 is 1.85 bits per heavy atom. The zero-order chi connectivity index (χ0) is 19.2. The van der Waals surface area contributed by atoms with E-state index in [4.69, 9.17) is 0 Å². The molecule has 2 rings (SSSR count). The summed E-state index contributed by atoms with van der Waals surface area (Å²) in [5.74, 6) is 0. The molecule has 2 amide bonds. The molecule has 0 aromatic heterocycles. The summed E-state index contributed by atoms with van der Waals surface area (Å²) in [7, 11) is -3.42. The molecule has 1 aromatic carbocycles. The van der Waals surface area contributed by atoms with Crippen molar-refractivity contribution in [3.8, 4) is 0 Å². The van der Waals surface area contributed by atoms with Crippen LogP contribution >= 0.6 is 0 Å². The predicted molar refractivity (Wildman–Crippen MR) is 104 cm³/mol. The minimum Gasteiger partial charge on any atom is -0.338 e. The Morgan fingerprint density at radius 3 is 2.42 bits per heavy atom. The van der Waals surface area contributed by atoms with Crippen LogP contribution in [-0.2, 0) is 16.4 Å². The van der Waals surface area contributed by atoms with Gasteiger partial charge in [-0.1, -0.05) is 18.6 Å². The van der Waals surface area contributed by atoms with E-state index in [1.54, 1.807) is 21.3 Å². The van der Waals surface area contributed by atoms with Crippen LogP contribution in [-0.4, -0.2) is 55.9 Å². The summed E-state index contributed by atoms with van der Waals surface area (Å²) >= 11 is 0. The summed E-state index contributed by atoms with van der Waals surface area (Å²) in [5, 5.41) is 2.90. The summed E-state index contributed by atoms with van der Waals surface area (Å²) < 4.78 is 27.3. The number of urea groups is 1. The highest BCUT2D eigenvalue weighted by molar-refractivity contribution is 7.89. The lowest BCUT2D eigenvalue weighted by atomic mass is 10.1. The van der Waals surface area contributed by atoms with Crippen LogP contribution < -0.4 is 5.32 Å². The Morgan fingerprint density at radius 1 is 1.19 bits per heavy atom. The van der Waals surface area contributed by atoms with E-state index in [1.807, 2.05) is 32.9 Å². The molecule has 1 aliphatic heterocycles. The molecule has 1 aromatic rings. The highest BCUT2D eigenvalue weighted by Crippen LogP contribution is 2.25. The molecular weight excluding hydrogens is 350 g/mol. The molecular formula is C19H31N3O3S. The van der Waals surface area contributed by atoms with Gasteiger partial charge in [-0.2, -0.15) is 4.31 Å². The van der Waals surface area contributed by atoms with Crippen LogP contribution in [0.15, 0.2) is 29.2 Å². The molecule has 7 heteroatoms. The maximum Gasteiger partial charge on any atom is 0.317 e. The average molecular weight is 382 g/mol. The van der Waals surface area contributed by atoms with Crippen LogP contribution in [0.5, 0.6) is 0 Å². The van der Waals surface area contributed by atoms with Crippen molar-refractivity contribution in [3.63, 3.8) is 0 Å². The first-order valence-corrected chi connectivity index (χ1v) is 11.0. The lowest BCUT2D eigenvalue weighted by Gasteiger charge is -2.32. The fourth-order valence-electron chi connectivity index (χ4n) is 3.33. The van der Waals surface area contributed by atoms with Crippen LogP contribution in [0.1, 0.15) is 45.6 Å². The van der Waals surface area contributed by atoms with Crippen molar-refractivity contribution >= 4 is 16.1 Å². The molecule has 1 heterocycles. The van der Waals surface area contributed by atoms with Crippen LogP contribution in [0, 0.1) is 0 Å². The number of sulfonamides is 1. The number of carbonyl (C=O) groups is 1. The maximum atomic E-state index is 12.8. The zero-order valence-electron chi connectivity index (χ0n) is 16.1. The SMILES string of the molecule is CCN(CC)C(=O)NCCc1ccc(S(=O)(=O)N2CCCCC2C)cc1. The highest BCUT2D eigenvalue weighted by atomic mass is 32.2. The lowest BCUT2D eigenvalue weighted by Crippen LogP contribution is -2.41. The Labute approximate surface area is 157 Å². The van der Waals surface area contributed by atoms with Crippen molar-refractivity contribution in [2.24, 2.45) is 0 Å². The minimum absolute atomic E-state index is 0.0590. The molecule has 0 saturated carbocycles. The predicted octanol–water partition coefficient (Wildman–Crippen LogP) is 2.84. The van der Waals surface area contributed by atoms with Crippen LogP contribution in [0.4, 0.5) is 4.79 Å². The fourth-order valence-corrected chi connectivity index (χ4v) is 5.03. The Kier molecular flexibility index (Phi) is 7.46. The summed E-state index contributed by atoms with van der Waals surface area (Å²) in [6.07, 6.45) is 3.61. The van der Waals surface area contributed by atoms with E-state index in [9.17, 15) is 13.2 Å². The zero-order valence-corrected chi connectivity index (χ0v) is 16.9. The Balaban J connectivity index is 1.94. The van der Waals surface area contributed by atoms with Gasteiger partial charge >= 0.3 is 6.03 Å². The van der Waals surface area contributed by atoms with Gasteiger partial charge in [0.15, 0.2) is 0 Å². The molecule has 1 aliphatic rings. The number of rotatable bonds is 7. The second-order valence-electron chi connectivity index (χ2n) is 6.76. The minimum atomic E-state index is -3.42. The molecule has 1 unspecified atom stereocenters. The van der Waals surface area contributed by atoms with Crippen molar-refractivity contribution in [1.29, 1.82) is 0 Å². The quantitative estimate of drug-likeness (QED) is 0.789. The normalized spacial score (nSPS) is 18.5. The molecule has 1 atom stereocenters. The number of benzene rings is 1. The first kappa shape index (κ1) is 20.7. The molecule has 1 fully saturated rings.